The molecule has 1 aromatic heterocycles. The van der Waals surface area contributed by atoms with E-state index in [4.69, 9.17) is 14.2 Å². The lowest BCUT2D eigenvalue weighted by Crippen LogP contribution is -2.35. The maximum Gasteiger partial charge on any atom is 0.342 e. The highest BCUT2D eigenvalue weighted by atomic mass is 16.5. The Balaban J connectivity index is 1.90. The van der Waals surface area contributed by atoms with Gasteiger partial charge in [-0.15, -0.1) is 0 Å². The molecular formula is C17H21N3O5. The number of carbonyl (C=O) groups excluding carboxylic acids is 2. The van der Waals surface area contributed by atoms with Gasteiger partial charge in [0.2, 0.25) is 0 Å². The Bertz CT molecular complexity index is 756. The normalized spacial score (nSPS) is 11.5. The molecule has 1 unspecified atom stereocenters. The summed E-state index contributed by atoms with van der Waals surface area (Å²) >= 11 is 0. The average molecular weight is 347 g/mol. The van der Waals surface area contributed by atoms with Gasteiger partial charge in [0.05, 0.1) is 26.0 Å². The highest BCUT2D eigenvalue weighted by molar-refractivity contribution is 5.91. The number of hydrogen-bond donors (Lipinski definition) is 1. The van der Waals surface area contributed by atoms with E-state index in [1.165, 1.54) is 24.0 Å². The van der Waals surface area contributed by atoms with Crippen LogP contribution in [0.1, 0.15) is 22.8 Å². The van der Waals surface area contributed by atoms with Crippen molar-refractivity contribution in [2.75, 3.05) is 14.2 Å². The van der Waals surface area contributed by atoms with Crippen molar-refractivity contribution in [1.82, 2.24) is 15.1 Å². The Morgan fingerprint density at radius 1 is 1.24 bits per heavy atom. The van der Waals surface area contributed by atoms with Crippen LogP contribution in [0.25, 0.3) is 0 Å². The molecule has 1 amide bonds. The molecule has 0 fully saturated rings. The van der Waals surface area contributed by atoms with Gasteiger partial charge in [-0.2, -0.15) is 5.10 Å². The van der Waals surface area contributed by atoms with Crippen LogP contribution in [0.2, 0.25) is 0 Å². The molecule has 1 N–H and O–H groups in total. The maximum atomic E-state index is 12.1. The van der Waals surface area contributed by atoms with Crippen molar-refractivity contribution in [2.45, 2.75) is 19.6 Å². The van der Waals surface area contributed by atoms with Crippen molar-refractivity contribution in [3.63, 3.8) is 0 Å². The first-order valence-corrected chi connectivity index (χ1v) is 7.62. The number of amides is 1. The Morgan fingerprint density at radius 2 is 1.96 bits per heavy atom. The van der Waals surface area contributed by atoms with Gasteiger partial charge in [-0.1, -0.05) is 6.07 Å². The second kappa shape index (κ2) is 8.18. The molecule has 2 rings (SSSR count). The number of rotatable bonds is 7. The van der Waals surface area contributed by atoms with E-state index in [-0.39, 0.29) is 6.54 Å². The van der Waals surface area contributed by atoms with Gasteiger partial charge < -0.3 is 19.5 Å². The van der Waals surface area contributed by atoms with Crippen LogP contribution in [0.15, 0.2) is 30.6 Å². The lowest BCUT2D eigenvalue weighted by atomic mass is 10.2. The van der Waals surface area contributed by atoms with E-state index in [1.807, 2.05) is 6.07 Å². The van der Waals surface area contributed by atoms with E-state index >= 15 is 0 Å². The van der Waals surface area contributed by atoms with Crippen molar-refractivity contribution in [1.29, 1.82) is 0 Å². The summed E-state index contributed by atoms with van der Waals surface area (Å²) in [6, 6.07) is 5.34. The predicted octanol–water partition coefficient (Wildman–Crippen LogP) is 1.30. The minimum absolute atomic E-state index is 0.272. The van der Waals surface area contributed by atoms with E-state index in [0.29, 0.717) is 17.1 Å². The zero-order valence-electron chi connectivity index (χ0n) is 14.6. The smallest absolute Gasteiger partial charge is 0.342 e. The van der Waals surface area contributed by atoms with Gasteiger partial charge in [-0.05, 0) is 24.6 Å². The molecule has 0 aliphatic carbocycles. The molecule has 1 atom stereocenters. The molecule has 1 aromatic carbocycles. The fraction of sp³-hybridized carbons (Fsp3) is 0.353. The number of benzene rings is 1. The van der Waals surface area contributed by atoms with Crippen molar-refractivity contribution < 1.29 is 23.8 Å². The van der Waals surface area contributed by atoms with Crippen LogP contribution in [0.4, 0.5) is 0 Å². The number of aryl methyl sites for hydroxylation is 1. The number of nitrogens with one attached hydrogen (secondary N) is 1. The number of aromatic nitrogens is 2. The Hall–Kier alpha value is -3.03. The molecule has 134 valence electrons. The molecule has 8 heteroatoms. The quantitative estimate of drug-likeness (QED) is 0.759. The molecule has 0 bridgehead atoms. The summed E-state index contributed by atoms with van der Waals surface area (Å²) in [5.41, 5.74) is 1.12. The summed E-state index contributed by atoms with van der Waals surface area (Å²) in [7, 11) is 4.79. The number of esters is 1. The third-order valence-corrected chi connectivity index (χ3v) is 3.51. The summed E-state index contributed by atoms with van der Waals surface area (Å²) in [5, 5.41) is 6.61. The number of methoxy groups -OCH3 is 2. The number of nitrogens with zero attached hydrogens (tertiary/aromatic N) is 2. The van der Waals surface area contributed by atoms with Crippen molar-refractivity contribution in [3.05, 3.63) is 41.7 Å². The Morgan fingerprint density at radius 3 is 2.56 bits per heavy atom. The monoisotopic (exact) mass is 347 g/mol. The molecule has 0 aliphatic heterocycles. The number of hydrogen-bond acceptors (Lipinski definition) is 6. The van der Waals surface area contributed by atoms with Gasteiger partial charge in [-0.3, -0.25) is 9.48 Å². The molecular weight excluding hydrogens is 326 g/mol. The van der Waals surface area contributed by atoms with E-state index in [1.54, 1.807) is 33.4 Å². The van der Waals surface area contributed by atoms with Gasteiger partial charge in [0.1, 0.15) is 0 Å². The van der Waals surface area contributed by atoms with E-state index in [0.717, 1.165) is 5.56 Å². The molecule has 25 heavy (non-hydrogen) atoms. The fourth-order valence-corrected chi connectivity index (χ4v) is 2.13. The minimum Gasteiger partial charge on any atom is -0.493 e. The lowest BCUT2D eigenvalue weighted by Gasteiger charge is -2.14. The first kappa shape index (κ1) is 18.3. The summed E-state index contributed by atoms with van der Waals surface area (Å²) in [6.45, 7) is 1.78. The van der Waals surface area contributed by atoms with Crippen LogP contribution in [-0.2, 0) is 23.1 Å². The average Bonchev–Trinajstić information content (AvgIpc) is 3.05. The van der Waals surface area contributed by atoms with Gasteiger partial charge in [0.15, 0.2) is 17.6 Å². The minimum atomic E-state index is -0.923. The van der Waals surface area contributed by atoms with Gasteiger partial charge in [0.25, 0.3) is 5.91 Å². The lowest BCUT2D eigenvalue weighted by molar-refractivity contribution is -0.129. The van der Waals surface area contributed by atoms with E-state index in [9.17, 15) is 9.59 Å². The Labute approximate surface area is 145 Å². The van der Waals surface area contributed by atoms with Crippen LogP contribution in [0, 0.1) is 0 Å². The first-order valence-electron chi connectivity index (χ1n) is 7.62. The van der Waals surface area contributed by atoms with Crippen LogP contribution in [-0.4, -0.2) is 42.0 Å². The van der Waals surface area contributed by atoms with Crippen molar-refractivity contribution in [3.8, 4) is 11.5 Å². The second-order valence-corrected chi connectivity index (χ2v) is 5.36. The summed E-state index contributed by atoms with van der Waals surface area (Å²) in [4.78, 5) is 24.0. The molecule has 8 nitrogen and oxygen atoms in total. The van der Waals surface area contributed by atoms with Crippen molar-refractivity contribution in [2.24, 2.45) is 7.05 Å². The number of ether oxygens (including phenoxy) is 3. The molecule has 0 saturated heterocycles. The number of carbonyl (C=O) groups is 2. The third kappa shape index (κ3) is 4.72. The fourth-order valence-electron chi connectivity index (χ4n) is 2.13. The van der Waals surface area contributed by atoms with Crippen molar-refractivity contribution >= 4 is 11.9 Å². The van der Waals surface area contributed by atoms with Crippen LogP contribution >= 0.6 is 0 Å². The van der Waals surface area contributed by atoms with Gasteiger partial charge >= 0.3 is 5.97 Å². The molecule has 1 heterocycles. The first-order chi connectivity index (χ1) is 11.9. The molecule has 0 spiro atoms. The Kier molecular flexibility index (Phi) is 5.99. The zero-order chi connectivity index (χ0) is 18.4. The highest BCUT2D eigenvalue weighted by Crippen LogP contribution is 2.27. The summed E-state index contributed by atoms with van der Waals surface area (Å²) in [5.74, 6) is 0.190. The topological polar surface area (TPSA) is 91.7 Å². The maximum absolute atomic E-state index is 12.1. The van der Waals surface area contributed by atoms with Crippen LogP contribution in [0.5, 0.6) is 11.5 Å². The second-order valence-electron chi connectivity index (χ2n) is 5.36. The highest BCUT2D eigenvalue weighted by Gasteiger charge is 2.19. The zero-order valence-corrected chi connectivity index (χ0v) is 14.6. The summed E-state index contributed by atoms with van der Waals surface area (Å²) in [6.07, 6.45) is 1.99. The van der Waals surface area contributed by atoms with Crippen LogP contribution in [0.3, 0.4) is 0 Å². The largest absolute Gasteiger partial charge is 0.493 e. The predicted molar refractivity (Wildman–Crippen MR) is 89.5 cm³/mol. The van der Waals surface area contributed by atoms with Gasteiger partial charge in [0, 0.05) is 19.8 Å². The standard InChI is InChI=1S/C17H21N3O5/c1-11(25-17(22)13-9-19-20(2)10-13)16(21)18-8-12-5-6-14(23-3)15(7-12)24-4/h5-7,9-11H,8H2,1-4H3,(H,18,21). The SMILES string of the molecule is COc1ccc(CNC(=O)C(C)OC(=O)c2cnn(C)c2)cc1OC. The van der Waals surface area contributed by atoms with E-state index in [2.05, 4.69) is 10.4 Å². The molecule has 0 radical (unpaired) electrons. The molecule has 2 aromatic rings. The van der Waals surface area contributed by atoms with E-state index < -0.39 is 18.0 Å². The summed E-state index contributed by atoms with van der Waals surface area (Å²) < 4.78 is 17.0. The third-order valence-electron chi connectivity index (χ3n) is 3.51. The molecule has 0 saturated carbocycles. The van der Waals surface area contributed by atoms with Crippen LogP contribution < -0.4 is 14.8 Å². The van der Waals surface area contributed by atoms with Gasteiger partial charge in [-0.25, -0.2) is 4.79 Å². The molecule has 0 aliphatic rings.